The van der Waals surface area contributed by atoms with Crippen LogP contribution in [0.15, 0.2) is 34.3 Å². The summed E-state index contributed by atoms with van der Waals surface area (Å²) in [7, 11) is 1.71. The molecule has 0 bridgehead atoms. The molecule has 1 heterocycles. The first kappa shape index (κ1) is 10.8. The molecule has 1 aliphatic heterocycles. The molecule has 0 saturated carbocycles. The molecule has 0 saturated heterocycles. The molecule has 1 aromatic rings. The third kappa shape index (κ3) is 2.11. The van der Waals surface area contributed by atoms with E-state index in [0.717, 1.165) is 5.75 Å². The fourth-order valence-corrected chi connectivity index (χ4v) is 4.45. The molecule has 0 aliphatic carbocycles. The van der Waals surface area contributed by atoms with Gasteiger partial charge < -0.3 is 0 Å². The van der Waals surface area contributed by atoms with E-state index in [2.05, 4.69) is 38.1 Å². The van der Waals surface area contributed by atoms with Gasteiger partial charge in [-0.15, -0.1) is 0 Å². The van der Waals surface area contributed by atoms with Crippen LogP contribution in [-0.4, -0.2) is 22.1 Å². The third-order valence-electron chi connectivity index (χ3n) is 3.06. The molecule has 2 rings (SSSR count). The topological polar surface area (TPSA) is 9.23 Å². The molecule has 0 fully saturated rings. The monoisotopic (exact) mass is 268 g/mol. The molecule has 1 aliphatic rings. The summed E-state index contributed by atoms with van der Waals surface area (Å²) in [5, 5.41) is 1.33. The van der Waals surface area contributed by atoms with Crippen LogP contribution in [0.2, 0.25) is 5.32 Å². The molecule has 15 heavy (non-hydrogen) atoms. The Morgan fingerprint density at radius 3 is 2.33 bits per heavy atom. The van der Waals surface area contributed by atoms with Crippen LogP contribution >= 0.6 is 0 Å². The zero-order valence-electron chi connectivity index (χ0n) is 9.41. The number of hydrogen-bond donors (Lipinski definition) is 0. The van der Waals surface area contributed by atoms with Crippen LogP contribution in [0.3, 0.4) is 0 Å². The van der Waals surface area contributed by atoms with E-state index in [1.165, 1.54) is 10.9 Å². The van der Waals surface area contributed by atoms with Gasteiger partial charge in [0.2, 0.25) is 0 Å². The van der Waals surface area contributed by atoms with Crippen LogP contribution in [0.25, 0.3) is 0 Å². The Morgan fingerprint density at radius 2 is 1.87 bits per heavy atom. The fourth-order valence-electron chi connectivity index (χ4n) is 1.87. The van der Waals surface area contributed by atoms with Gasteiger partial charge in [-0.3, -0.25) is 0 Å². The molecule has 0 N–H and O–H groups in total. The van der Waals surface area contributed by atoms with Gasteiger partial charge in [-0.1, -0.05) is 0 Å². The van der Waals surface area contributed by atoms with Gasteiger partial charge in [0.05, 0.1) is 0 Å². The normalized spacial score (nSPS) is 20.9. The van der Waals surface area contributed by atoms with Crippen LogP contribution in [0.5, 0.6) is 5.75 Å². The summed E-state index contributed by atoms with van der Waals surface area (Å²) in [5.41, 5.74) is 3.02. The average molecular weight is 267 g/mol. The summed E-state index contributed by atoms with van der Waals surface area (Å²) in [4.78, 5) is 0. The minimum atomic E-state index is 0.663. The van der Waals surface area contributed by atoms with E-state index in [-0.39, 0.29) is 0 Å². The molecule has 80 valence electrons. The first-order valence-electron chi connectivity index (χ1n) is 5.16. The average Bonchev–Trinajstić information content (AvgIpc) is 2.60. The van der Waals surface area contributed by atoms with E-state index in [9.17, 15) is 0 Å². The summed E-state index contributed by atoms with van der Waals surface area (Å²) in [5.74, 6) is 1.61. The van der Waals surface area contributed by atoms with Crippen LogP contribution in [0.1, 0.15) is 25.3 Å². The first-order valence-corrected chi connectivity index (χ1v) is 7.23. The summed E-state index contributed by atoms with van der Waals surface area (Å²) in [6, 6.07) is 8.51. The van der Waals surface area contributed by atoms with Crippen LogP contribution in [0, 0.1) is 0 Å². The third-order valence-corrected chi connectivity index (χ3v) is 5.70. The van der Waals surface area contributed by atoms with Gasteiger partial charge in [0.15, 0.2) is 0 Å². The zero-order chi connectivity index (χ0) is 10.8. The van der Waals surface area contributed by atoms with Crippen LogP contribution < -0.4 is 4.74 Å². The standard InChI is InChI=1S/C13H16OSe/c1-9-10(2)15-8-13(9)11-4-6-12(14-3)7-5-11/h4-7,13H,8H2,1-3H3. The molecule has 1 atom stereocenters. The van der Waals surface area contributed by atoms with E-state index in [4.69, 9.17) is 4.74 Å². The number of allylic oxidation sites excluding steroid dienone is 2. The quantitative estimate of drug-likeness (QED) is 0.748. The molecule has 1 aromatic carbocycles. The van der Waals surface area contributed by atoms with E-state index in [0.29, 0.717) is 20.9 Å². The maximum absolute atomic E-state index is 5.17. The number of ether oxygens (including phenoxy) is 1. The van der Waals surface area contributed by atoms with Crippen molar-refractivity contribution in [1.29, 1.82) is 0 Å². The Labute approximate surface area is 97.7 Å². The summed E-state index contributed by atoms with van der Waals surface area (Å²) < 4.78 is 6.80. The number of rotatable bonds is 2. The second-order valence-corrected chi connectivity index (χ2v) is 6.47. The predicted molar refractivity (Wildman–Crippen MR) is 64.7 cm³/mol. The Balaban J connectivity index is 2.24. The van der Waals surface area contributed by atoms with Gasteiger partial charge in [0.1, 0.15) is 0 Å². The van der Waals surface area contributed by atoms with Crippen molar-refractivity contribution in [3.63, 3.8) is 0 Å². The van der Waals surface area contributed by atoms with Gasteiger partial charge in [0.25, 0.3) is 0 Å². The number of methoxy groups -OCH3 is 1. The molecule has 2 heteroatoms. The molecule has 1 nitrogen and oxygen atoms in total. The Bertz CT molecular complexity index is 378. The van der Waals surface area contributed by atoms with Crippen LogP contribution in [-0.2, 0) is 0 Å². The Kier molecular flexibility index (Phi) is 3.18. The molecule has 1 unspecified atom stereocenters. The maximum atomic E-state index is 5.17. The molecule has 0 aromatic heterocycles. The second kappa shape index (κ2) is 4.42. The summed E-state index contributed by atoms with van der Waals surface area (Å²) in [6.45, 7) is 4.55. The molecule has 0 spiro atoms. The van der Waals surface area contributed by atoms with Crippen molar-refractivity contribution < 1.29 is 4.74 Å². The minimum absolute atomic E-state index is 0.663. The van der Waals surface area contributed by atoms with Crippen molar-refractivity contribution in [2.24, 2.45) is 0 Å². The second-order valence-electron chi connectivity index (χ2n) is 3.88. The molecule has 0 radical (unpaired) electrons. The molecular weight excluding hydrogens is 251 g/mol. The van der Waals surface area contributed by atoms with E-state index in [1.54, 1.807) is 17.2 Å². The Hall–Kier alpha value is -0.721. The van der Waals surface area contributed by atoms with Gasteiger partial charge >= 0.3 is 97.5 Å². The van der Waals surface area contributed by atoms with Gasteiger partial charge in [0, 0.05) is 0 Å². The molecule has 0 amide bonds. The van der Waals surface area contributed by atoms with Gasteiger partial charge in [-0.2, -0.15) is 0 Å². The number of hydrogen-bond acceptors (Lipinski definition) is 1. The summed E-state index contributed by atoms with van der Waals surface area (Å²) >= 11 is 0.717. The fraction of sp³-hybridized carbons (Fsp3) is 0.385. The van der Waals surface area contributed by atoms with Crippen molar-refractivity contribution in [1.82, 2.24) is 0 Å². The van der Waals surface area contributed by atoms with Crippen molar-refractivity contribution in [2.45, 2.75) is 25.1 Å². The van der Waals surface area contributed by atoms with Gasteiger partial charge in [-0.25, -0.2) is 0 Å². The first-order chi connectivity index (χ1) is 7.22. The zero-order valence-corrected chi connectivity index (χ0v) is 11.1. The molecular formula is C13H16OSe. The van der Waals surface area contributed by atoms with Crippen molar-refractivity contribution in [3.8, 4) is 5.75 Å². The van der Waals surface area contributed by atoms with Crippen molar-refractivity contribution in [2.75, 3.05) is 7.11 Å². The van der Waals surface area contributed by atoms with E-state index in [1.807, 2.05) is 0 Å². The SMILES string of the molecule is COc1ccc(C2C[Se]C(C)=C2C)cc1. The Morgan fingerprint density at radius 1 is 1.20 bits per heavy atom. The van der Waals surface area contributed by atoms with Gasteiger partial charge in [-0.05, 0) is 0 Å². The van der Waals surface area contributed by atoms with Crippen LogP contribution in [0.4, 0.5) is 0 Å². The predicted octanol–water partition coefficient (Wildman–Crippen LogP) is 3.21. The van der Waals surface area contributed by atoms with Crippen molar-refractivity contribution in [3.05, 3.63) is 39.9 Å². The van der Waals surface area contributed by atoms with E-state index >= 15 is 0 Å². The van der Waals surface area contributed by atoms with E-state index < -0.39 is 0 Å². The number of benzene rings is 1. The summed E-state index contributed by atoms with van der Waals surface area (Å²) in [6.07, 6.45) is 0. The van der Waals surface area contributed by atoms with Crippen molar-refractivity contribution >= 4 is 15.0 Å².